The number of ether oxygens (including phenoxy) is 1. The Hall–Kier alpha value is -0.590. The molecule has 1 aliphatic rings. The van der Waals surface area contributed by atoms with Gasteiger partial charge in [0.1, 0.15) is 5.54 Å². The molecule has 0 aromatic heterocycles. The number of nitrogens with one attached hydrogen (secondary N) is 1. The SMILES string of the molecule is CCCCCCC(C)(C#N)NCC1CCCO1. The van der Waals surface area contributed by atoms with Gasteiger partial charge in [-0.2, -0.15) is 5.26 Å². The fourth-order valence-corrected chi connectivity index (χ4v) is 2.23. The predicted molar refractivity (Wildman–Crippen MR) is 69.8 cm³/mol. The van der Waals surface area contributed by atoms with Gasteiger partial charge in [-0.3, -0.25) is 5.32 Å². The number of unbranched alkanes of at least 4 members (excludes halogenated alkanes) is 3. The molecule has 1 aliphatic heterocycles. The van der Waals surface area contributed by atoms with E-state index in [2.05, 4.69) is 18.3 Å². The molecular weight excluding hydrogens is 212 g/mol. The maximum Gasteiger partial charge on any atom is 0.104 e. The fraction of sp³-hybridized carbons (Fsp3) is 0.929. The van der Waals surface area contributed by atoms with Gasteiger partial charge in [0.05, 0.1) is 12.2 Å². The molecule has 0 amide bonds. The van der Waals surface area contributed by atoms with E-state index >= 15 is 0 Å². The molecule has 1 saturated heterocycles. The van der Waals surface area contributed by atoms with E-state index in [0.29, 0.717) is 6.10 Å². The molecule has 1 heterocycles. The van der Waals surface area contributed by atoms with Crippen LogP contribution in [-0.4, -0.2) is 24.8 Å². The third-order valence-corrected chi connectivity index (χ3v) is 3.52. The van der Waals surface area contributed by atoms with E-state index in [1.54, 1.807) is 0 Å². The lowest BCUT2D eigenvalue weighted by Crippen LogP contribution is -2.44. The first-order valence-electron chi connectivity index (χ1n) is 6.98. The van der Waals surface area contributed by atoms with Crippen molar-refractivity contribution in [1.29, 1.82) is 5.26 Å². The average Bonchev–Trinajstić information content (AvgIpc) is 2.85. The molecule has 17 heavy (non-hydrogen) atoms. The van der Waals surface area contributed by atoms with Crippen molar-refractivity contribution in [3.05, 3.63) is 0 Å². The number of rotatable bonds is 8. The van der Waals surface area contributed by atoms with Gasteiger partial charge in [0.25, 0.3) is 0 Å². The van der Waals surface area contributed by atoms with Crippen LogP contribution in [0.1, 0.15) is 58.8 Å². The maximum atomic E-state index is 9.26. The Balaban J connectivity index is 2.21. The minimum absolute atomic E-state index is 0.318. The standard InChI is InChI=1S/C14H26N2O/c1-3-4-5-6-9-14(2,12-15)16-11-13-8-7-10-17-13/h13,16H,3-11H2,1-2H3. The highest BCUT2D eigenvalue weighted by Crippen LogP contribution is 2.17. The molecule has 0 aromatic rings. The van der Waals surface area contributed by atoms with E-state index in [1.807, 2.05) is 6.92 Å². The van der Waals surface area contributed by atoms with Crippen LogP contribution in [0.2, 0.25) is 0 Å². The Morgan fingerprint density at radius 2 is 2.24 bits per heavy atom. The van der Waals surface area contributed by atoms with Crippen LogP contribution in [0.5, 0.6) is 0 Å². The van der Waals surface area contributed by atoms with E-state index in [-0.39, 0.29) is 5.54 Å². The second-order valence-corrected chi connectivity index (χ2v) is 5.27. The smallest absolute Gasteiger partial charge is 0.104 e. The molecule has 1 fully saturated rings. The van der Waals surface area contributed by atoms with Gasteiger partial charge in [0.15, 0.2) is 0 Å². The number of hydrogen-bond donors (Lipinski definition) is 1. The number of nitriles is 1. The topological polar surface area (TPSA) is 45.0 Å². The quantitative estimate of drug-likeness (QED) is 0.661. The molecular formula is C14H26N2O. The van der Waals surface area contributed by atoms with Crippen LogP contribution in [0.15, 0.2) is 0 Å². The Bertz CT molecular complexity index is 243. The lowest BCUT2D eigenvalue weighted by Gasteiger charge is -2.25. The van der Waals surface area contributed by atoms with Crippen molar-refractivity contribution in [3.63, 3.8) is 0 Å². The summed E-state index contributed by atoms with van der Waals surface area (Å²) < 4.78 is 5.56. The van der Waals surface area contributed by atoms with Crippen LogP contribution in [0, 0.1) is 11.3 Å². The molecule has 0 spiro atoms. The van der Waals surface area contributed by atoms with Gasteiger partial charge in [-0.15, -0.1) is 0 Å². The summed E-state index contributed by atoms with van der Waals surface area (Å²) in [4.78, 5) is 0. The lowest BCUT2D eigenvalue weighted by atomic mass is 9.95. The van der Waals surface area contributed by atoms with Crippen LogP contribution < -0.4 is 5.32 Å². The second kappa shape index (κ2) is 7.68. The van der Waals surface area contributed by atoms with Gasteiger partial charge in [-0.05, 0) is 26.2 Å². The Morgan fingerprint density at radius 3 is 2.82 bits per heavy atom. The molecule has 3 nitrogen and oxygen atoms in total. The van der Waals surface area contributed by atoms with Crippen molar-refractivity contribution in [2.24, 2.45) is 0 Å². The van der Waals surface area contributed by atoms with Gasteiger partial charge in [-0.25, -0.2) is 0 Å². The Kier molecular flexibility index (Phi) is 6.54. The first kappa shape index (κ1) is 14.5. The minimum Gasteiger partial charge on any atom is -0.377 e. The largest absolute Gasteiger partial charge is 0.377 e. The van der Waals surface area contributed by atoms with E-state index in [4.69, 9.17) is 4.74 Å². The second-order valence-electron chi connectivity index (χ2n) is 5.27. The summed E-state index contributed by atoms with van der Waals surface area (Å²) in [6.45, 7) is 5.91. The van der Waals surface area contributed by atoms with E-state index in [0.717, 1.165) is 38.8 Å². The van der Waals surface area contributed by atoms with Crippen LogP contribution in [0.25, 0.3) is 0 Å². The first-order chi connectivity index (χ1) is 8.20. The highest BCUT2D eigenvalue weighted by atomic mass is 16.5. The first-order valence-corrected chi connectivity index (χ1v) is 6.98. The Morgan fingerprint density at radius 1 is 1.41 bits per heavy atom. The monoisotopic (exact) mass is 238 g/mol. The predicted octanol–water partition coefficient (Wildman–Crippen LogP) is 3.01. The zero-order valence-corrected chi connectivity index (χ0v) is 11.3. The van der Waals surface area contributed by atoms with E-state index in [9.17, 15) is 5.26 Å². The summed E-state index contributed by atoms with van der Waals surface area (Å²) in [6, 6.07) is 2.41. The number of hydrogen-bond acceptors (Lipinski definition) is 3. The third-order valence-electron chi connectivity index (χ3n) is 3.52. The van der Waals surface area contributed by atoms with Gasteiger partial charge < -0.3 is 4.74 Å². The van der Waals surface area contributed by atoms with Gasteiger partial charge in [0.2, 0.25) is 0 Å². The number of nitrogens with zero attached hydrogens (tertiary/aromatic N) is 1. The molecule has 2 unspecified atom stereocenters. The van der Waals surface area contributed by atoms with Crippen LogP contribution in [0.4, 0.5) is 0 Å². The van der Waals surface area contributed by atoms with Crippen molar-refractivity contribution in [2.45, 2.75) is 70.4 Å². The molecule has 0 bridgehead atoms. The summed E-state index contributed by atoms with van der Waals surface area (Å²) in [5.74, 6) is 0. The maximum absolute atomic E-state index is 9.26. The molecule has 3 heteroatoms. The van der Waals surface area contributed by atoms with Crippen LogP contribution in [0.3, 0.4) is 0 Å². The molecule has 0 aliphatic carbocycles. The lowest BCUT2D eigenvalue weighted by molar-refractivity contribution is 0.104. The summed E-state index contributed by atoms with van der Waals surface area (Å²) >= 11 is 0. The van der Waals surface area contributed by atoms with Crippen molar-refractivity contribution in [3.8, 4) is 6.07 Å². The van der Waals surface area contributed by atoms with E-state index in [1.165, 1.54) is 19.3 Å². The zero-order chi connectivity index (χ0) is 12.6. The molecule has 1 rings (SSSR count). The van der Waals surface area contributed by atoms with Gasteiger partial charge >= 0.3 is 0 Å². The molecule has 0 aromatic carbocycles. The molecule has 0 saturated carbocycles. The fourth-order valence-electron chi connectivity index (χ4n) is 2.23. The summed E-state index contributed by atoms with van der Waals surface area (Å²) in [5.41, 5.74) is -0.375. The zero-order valence-electron chi connectivity index (χ0n) is 11.3. The van der Waals surface area contributed by atoms with Crippen molar-refractivity contribution < 1.29 is 4.74 Å². The normalized spacial score (nSPS) is 23.2. The average molecular weight is 238 g/mol. The highest BCUT2D eigenvalue weighted by Gasteiger charge is 2.25. The van der Waals surface area contributed by atoms with E-state index < -0.39 is 0 Å². The highest BCUT2D eigenvalue weighted by molar-refractivity contribution is 5.03. The molecule has 98 valence electrons. The third kappa shape index (κ3) is 5.52. The van der Waals surface area contributed by atoms with Gasteiger partial charge in [-0.1, -0.05) is 32.6 Å². The van der Waals surface area contributed by atoms with Crippen LogP contribution >= 0.6 is 0 Å². The summed E-state index contributed by atoms with van der Waals surface area (Å²) in [5, 5.41) is 12.6. The molecule has 0 radical (unpaired) electrons. The molecule has 2 atom stereocenters. The van der Waals surface area contributed by atoms with Crippen molar-refractivity contribution in [2.75, 3.05) is 13.2 Å². The summed E-state index contributed by atoms with van der Waals surface area (Å²) in [7, 11) is 0. The van der Waals surface area contributed by atoms with Crippen molar-refractivity contribution >= 4 is 0 Å². The Labute approximate surface area is 106 Å². The minimum atomic E-state index is -0.375. The molecule has 1 N–H and O–H groups in total. The summed E-state index contributed by atoms with van der Waals surface area (Å²) in [6.07, 6.45) is 8.43. The van der Waals surface area contributed by atoms with Crippen LogP contribution in [-0.2, 0) is 4.74 Å². The van der Waals surface area contributed by atoms with Crippen molar-refractivity contribution in [1.82, 2.24) is 5.32 Å². The van der Waals surface area contributed by atoms with Gasteiger partial charge in [0, 0.05) is 13.2 Å².